The van der Waals surface area contributed by atoms with Gasteiger partial charge < -0.3 is 0 Å². The molecule has 94 valence electrons. The molecule has 0 fully saturated rings. The first kappa shape index (κ1) is 24.3. The summed E-state index contributed by atoms with van der Waals surface area (Å²) in [7, 11) is 0. The second-order valence-electron chi connectivity index (χ2n) is 1.87. The van der Waals surface area contributed by atoms with Crippen LogP contribution in [0.2, 0.25) is 0 Å². The number of halogens is 1. The van der Waals surface area contributed by atoms with Crippen LogP contribution in [0.4, 0.5) is 0 Å². The standard InChI is InChI=1S/C8H13Br.3C2H6/c1-3-5-6-7-8(9)4-2;3*1-2/h3,7H,1,4-6H2,2H3;3*1-2H3/b8-7+;;;. The molecule has 15 heavy (non-hydrogen) atoms. The molecule has 1 heteroatoms. The number of hydrogen-bond acceptors (Lipinski definition) is 0. The van der Waals surface area contributed by atoms with Crippen molar-refractivity contribution in [1.82, 2.24) is 0 Å². The summed E-state index contributed by atoms with van der Waals surface area (Å²) in [6.45, 7) is 17.8. The summed E-state index contributed by atoms with van der Waals surface area (Å²) in [5.74, 6) is 0. The Hall–Kier alpha value is -0.0400. The average molecular weight is 279 g/mol. The van der Waals surface area contributed by atoms with Crippen molar-refractivity contribution in [2.75, 3.05) is 0 Å². The Morgan fingerprint density at radius 2 is 1.40 bits per heavy atom. The van der Waals surface area contributed by atoms with Crippen molar-refractivity contribution in [2.45, 2.75) is 67.7 Å². The molecule has 0 amide bonds. The van der Waals surface area contributed by atoms with Crippen molar-refractivity contribution in [3.8, 4) is 0 Å². The summed E-state index contributed by atoms with van der Waals surface area (Å²) in [5, 5.41) is 0. The summed E-state index contributed by atoms with van der Waals surface area (Å²) in [6, 6.07) is 0. The van der Waals surface area contributed by atoms with Gasteiger partial charge >= 0.3 is 0 Å². The van der Waals surface area contributed by atoms with Gasteiger partial charge in [-0.15, -0.1) is 6.58 Å². The Kier molecular flexibility index (Phi) is 59.9. The first-order valence-corrected chi connectivity index (χ1v) is 7.06. The zero-order valence-electron chi connectivity index (χ0n) is 11.9. The maximum Gasteiger partial charge on any atom is -0.00918 e. The van der Waals surface area contributed by atoms with Gasteiger partial charge in [0, 0.05) is 0 Å². The molecule has 0 N–H and O–H groups in total. The molecule has 0 aromatic rings. The van der Waals surface area contributed by atoms with Gasteiger partial charge in [-0.05, 0) is 23.7 Å². The van der Waals surface area contributed by atoms with E-state index in [0.29, 0.717) is 0 Å². The first-order chi connectivity index (χ1) is 7.31. The van der Waals surface area contributed by atoms with Crippen molar-refractivity contribution >= 4 is 15.9 Å². The molecule has 0 spiro atoms. The highest BCUT2D eigenvalue weighted by Gasteiger charge is 1.82. The van der Waals surface area contributed by atoms with Crippen molar-refractivity contribution in [3.63, 3.8) is 0 Å². The third-order valence-electron chi connectivity index (χ3n) is 1.07. The van der Waals surface area contributed by atoms with Crippen LogP contribution >= 0.6 is 15.9 Å². The van der Waals surface area contributed by atoms with Gasteiger partial charge in [-0.2, -0.15) is 0 Å². The molecule has 0 saturated carbocycles. The van der Waals surface area contributed by atoms with Crippen LogP contribution in [0.5, 0.6) is 0 Å². The van der Waals surface area contributed by atoms with E-state index in [1.165, 1.54) is 4.48 Å². The molecule has 0 aliphatic heterocycles. The van der Waals surface area contributed by atoms with E-state index in [9.17, 15) is 0 Å². The first-order valence-electron chi connectivity index (χ1n) is 6.26. The van der Waals surface area contributed by atoms with Gasteiger partial charge in [-0.25, -0.2) is 0 Å². The van der Waals surface area contributed by atoms with Crippen LogP contribution in [0.1, 0.15) is 67.7 Å². The molecule has 0 aromatic carbocycles. The van der Waals surface area contributed by atoms with Gasteiger partial charge in [0.25, 0.3) is 0 Å². The third kappa shape index (κ3) is 41.2. The highest BCUT2D eigenvalue weighted by molar-refractivity contribution is 9.11. The minimum atomic E-state index is 1.08. The van der Waals surface area contributed by atoms with Crippen LogP contribution in [-0.2, 0) is 0 Å². The molecule has 0 heterocycles. The maximum atomic E-state index is 3.64. The molecule has 0 nitrogen and oxygen atoms in total. The SMILES string of the molecule is C=CCC/C=C(/Br)CC.CC.CC.CC. The van der Waals surface area contributed by atoms with E-state index >= 15 is 0 Å². The lowest BCUT2D eigenvalue weighted by atomic mass is 10.3. The average Bonchev–Trinajstić information content (AvgIpc) is 2.36. The number of rotatable bonds is 4. The Morgan fingerprint density at radius 3 is 1.67 bits per heavy atom. The van der Waals surface area contributed by atoms with Crippen molar-refractivity contribution in [3.05, 3.63) is 23.2 Å². The molecular weight excluding hydrogens is 248 g/mol. The highest BCUT2D eigenvalue weighted by Crippen LogP contribution is 2.10. The smallest absolute Gasteiger partial charge is 0.00918 e. The van der Waals surface area contributed by atoms with E-state index < -0.39 is 0 Å². The summed E-state index contributed by atoms with van der Waals surface area (Å²) in [5.41, 5.74) is 0. The topological polar surface area (TPSA) is 0 Å². The van der Waals surface area contributed by atoms with Gasteiger partial charge in [-0.3, -0.25) is 0 Å². The summed E-state index contributed by atoms with van der Waals surface area (Å²) in [4.78, 5) is 0. The lowest BCUT2D eigenvalue weighted by molar-refractivity contribution is 1.04. The predicted molar refractivity (Wildman–Crippen MR) is 80.8 cm³/mol. The fourth-order valence-corrected chi connectivity index (χ4v) is 0.731. The second-order valence-corrected chi connectivity index (χ2v) is 2.89. The van der Waals surface area contributed by atoms with Crippen LogP contribution < -0.4 is 0 Å². The van der Waals surface area contributed by atoms with Gasteiger partial charge in [0.2, 0.25) is 0 Å². The molecule has 0 aromatic heterocycles. The zero-order chi connectivity index (χ0) is 13.1. The number of allylic oxidation sites excluding steroid dienone is 3. The fourth-order valence-electron chi connectivity index (χ4n) is 0.502. The molecule has 0 aliphatic carbocycles. The van der Waals surface area contributed by atoms with Crippen LogP contribution in [0, 0.1) is 0 Å². The van der Waals surface area contributed by atoms with E-state index in [4.69, 9.17) is 0 Å². The van der Waals surface area contributed by atoms with Gasteiger partial charge in [0.15, 0.2) is 0 Å². The van der Waals surface area contributed by atoms with Crippen LogP contribution in [0.3, 0.4) is 0 Å². The lowest BCUT2D eigenvalue weighted by Crippen LogP contribution is -1.67. The molecule has 0 atom stereocenters. The summed E-state index contributed by atoms with van der Waals surface area (Å²) >= 11 is 3.43. The van der Waals surface area contributed by atoms with Gasteiger partial charge in [-0.1, -0.05) is 76.5 Å². The van der Waals surface area contributed by atoms with Gasteiger partial charge in [0.1, 0.15) is 0 Å². The molecule has 0 aliphatic rings. The minimum Gasteiger partial charge on any atom is -0.103 e. The Labute approximate surface area is 107 Å². The van der Waals surface area contributed by atoms with E-state index in [1.54, 1.807) is 0 Å². The Balaban J connectivity index is -0.0000000860. The predicted octanol–water partition coefficient (Wildman–Crippen LogP) is 6.72. The molecule has 0 rings (SSSR count). The largest absolute Gasteiger partial charge is 0.103 e. The highest BCUT2D eigenvalue weighted by atomic mass is 79.9. The quantitative estimate of drug-likeness (QED) is 0.396. The molecular formula is C14H31Br. The van der Waals surface area contributed by atoms with E-state index in [1.807, 2.05) is 47.6 Å². The van der Waals surface area contributed by atoms with Crippen LogP contribution in [-0.4, -0.2) is 0 Å². The molecule has 0 saturated heterocycles. The third-order valence-corrected chi connectivity index (χ3v) is 1.96. The van der Waals surface area contributed by atoms with Crippen LogP contribution in [0.15, 0.2) is 23.2 Å². The van der Waals surface area contributed by atoms with Crippen LogP contribution in [0.25, 0.3) is 0 Å². The fraction of sp³-hybridized carbons (Fsp3) is 0.714. The van der Waals surface area contributed by atoms with E-state index in [0.717, 1.165) is 19.3 Å². The lowest BCUT2D eigenvalue weighted by Gasteiger charge is -1.89. The summed E-state index contributed by atoms with van der Waals surface area (Å²) in [6.07, 6.45) is 7.41. The number of unbranched alkanes of at least 4 members (excludes halogenated alkanes) is 1. The van der Waals surface area contributed by atoms with Gasteiger partial charge in [0.05, 0.1) is 0 Å². The minimum absolute atomic E-state index is 1.08. The van der Waals surface area contributed by atoms with Crippen molar-refractivity contribution in [1.29, 1.82) is 0 Å². The van der Waals surface area contributed by atoms with E-state index in [2.05, 4.69) is 35.5 Å². The summed E-state index contributed by atoms with van der Waals surface area (Å²) < 4.78 is 1.30. The Bertz CT molecular complexity index is 104. The molecule has 0 bridgehead atoms. The van der Waals surface area contributed by atoms with Crippen molar-refractivity contribution < 1.29 is 0 Å². The molecule has 0 unspecified atom stereocenters. The van der Waals surface area contributed by atoms with Crippen molar-refractivity contribution in [2.24, 2.45) is 0 Å². The maximum absolute atomic E-state index is 3.64. The molecule has 0 radical (unpaired) electrons. The second kappa shape index (κ2) is 37.0. The van der Waals surface area contributed by atoms with E-state index in [-0.39, 0.29) is 0 Å². The normalized spacial score (nSPS) is 8.13. The zero-order valence-corrected chi connectivity index (χ0v) is 13.4. The number of hydrogen-bond donors (Lipinski definition) is 0. The monoisotopic (exact) mass is 278 g/mol. The Morgan fingerprint density at radius 1 is 1.00 bits per heavy atom.